The molecule has 0 bridgehead atoms. The smallest absolute Gasteiger partial charge is 0.280 e. The Morgan fingerprint density at radius 2 is 1.58 bits per heavy atom. The van der Waals surface area contributed by atoms with Crippen LogP contribution in [0, 0.1) is 0 Å². The molecule has 128 valence electrons. The Morgan fingerprint density at radius 3 is 2.35 bits per heavy atom. The third-order valence-electron chi connectivity index (χ3n) is 4.16. The lowest BCUT2D eigenvalue weighted by Gasteiger charge is -2.15. The molecule has 0 amide bonds. The predicted molar refractivity (Wildman–Crippen MR) is 109 cm³/mol. The van der Waals surface area contributed by atoms with Crippen LogP contribution >= 0.6 is 15.9 Å². The van der Waals surface area contributed by atoms with E-state index in [9.17, 15) is 4.79 Å². The average Bonchev–Trinajstić information content (AvgIpc) is 2.69. The first-order valence-corrected chi connectivity index (χ1v) is 9.07. The van der Waals surface area contributed by atoms with Gasteiger partial charge in [0.1, 0.15) is 0 Å². The molecule has 0 atom stereocenters. The number of hydrogen-bond acceptors (Lipinski definition) is 3. The summed E-state index contributed by atoms with van der Waals surface area (Å²) in [7, 11) is 0. The van der Waals surface area contributed by atoms with Crippen LogP contribution < -0.4 is 11.0 Å². The number of nitrogens with zero attached hydrogens (tertiary/aromatic N) is 2. The molecule has 4 nitrogen and oxygen atoms in total. The third kappa shape index (κ3) is 3.26. The summed E-state index contributed by atoms with van der Waals surface area (Å²) in [6.45, 7) is 0.521. The molecule has 0 spiro atoms. The lowest BCUT2D eigenvalue weighted by atomic mass is 10.2. The maximum atomic E-state index is 13.1. The molecular formula is C21H16BrN3O. The Kier molecular flexibility index (Phi) is 4.54. The molecule has 0 radical (unpaired) electrons. The molecule has 4 rings (SSSR count). The molecule has 0 fully saturated rings. The van der Waals surface area contributed by atoms with E-state index in [-0.39, 0.29) is 5.56 Å². The van der Waals surface area contributed by atoms with E-state index >= 15 is 0 Å². The number of nitrogens with one attached hydrogen (secondary N) is 1. The summed E-state index contributed by atoms with van der Waals surface area (Å²) >= 11 is 3.44. The van der Waals surface area contributed by atoms with E-state index in [1.54, 1.807) is 10.7 Å². The van der Waals surface area contributed by atoms with Gasteiger partial charge in [-0.15, -0.1) is 0 Å². The lowest BCUT2D eigenvalue weighted by molar-refractivity contribution is 0.801. The molecule has 1 heterocycles. The molecule has 4 aromatic rings. The van der Waals surface area contributed by atoms with E-state index in [1.807, 2.05) is 72.8 Å². The minimum absolute atomic E-state index is 0.105. The normalized spacial score (nSPS) is 10.8. The highest BCUT2D eigenvalue weighted by Crippen LogP contribution is 2.18. The van der Waals surface area contributed by atoms with Gasteiger partial charge in [-0.2, -0.15) is 0 Å². The van der Waals surface area contributed by atoms with E-state index in [2.05, 4.69) is 21.4 Å². The number of hydrogen-bond donors (Lipinski definition) is 1. The zero-order valence-electron chi connectivity index (χ0n) is 13.9. The van der Waals surface area contributed by atoms with Crippen LogP contribution in [0.15, 0.2) is 88.1 Å². The Hall–Kier alpha value is -2.92. The molecule has 1 N–H and O–H groups in total. The first kappa shape index (κ1) is 16.5. The summed E-state index contributed by atoms with van der Waals surface area (Å²) in [6, 6.07) is 25.1. The molecular weight excluding hydrogens is 390 g/mol. The fourth-order valence-electron chi connectivity index (χ4n) is 2.83. The van der Waals surface area contributed by atoms with Gasteiger partial charge in [0.05, 0.1) is 17.4 Å². The first-order valence-electron chi connectivity index (χ1n) is 8.28. The van der Waals surface area contributed by atoms with Crippen molar-refractivity contribution >= 4 is 26.8 Å². The standard InChI is InChI=1S/C21H16BrN3O/c22-17-12-10-15(11-13-17)14-23-25-20(16-6-2-1-3-7-16)24-19-9-5-4-8-18(19)21(25)26/h1-13,23H,14H2. The van der Waals surface area contributed by atoms with Crippen molar-refractivity contribution in [3.63, 3.8) is 0 Å². The van der Waals surface area contributed by atoms with Gasteiger partial charge in [0.15, 0.2) is 5.82 Å². The van der Waals surface area contributed by atoms with E-state index in [0.717, 1.165) is 15.6 Å². The van der Waals surface area contributed by atoms with Crippen molar-refractivity contribution in [3.8, 4) is 11.4 Å². The summed E-state index contributed by atoms with van der Waals surface area (Å²) in [5, 5.41) is 0.593. The van der Waals surface area contributed by atoms with Gasteiger partial charge in [0.2, 0.25) is 0 Å². The number of benzene rings is 3. The van der Waals surface area contributed by atoms with Gasteiger partial charge in [0.25, 0.3) is 5.56 Å². The lowest BCUT2D eigenvalue weighted by Crippen LogP contribution is -2.31. The van der Waals surface area contributed by atoms with Crippen LogP contribution in [-0.4, -0.2) is 9.66 Å². The SMILES string of the molecule is O=c1c2ccccc2nc(-c2ccccc2)n1NCc1ccc(Br)cc1. The topological polar surface area (TPSA) is 46.9 Å². The number of fused-ring (bicyclic) bond motifs is 1. The molecule has 0 aliphatic rings. The highest BCUT2D eigenvalue weighted by molar-refractivity contribution is 9.10. The van der Waals surface area contributed by atoms with Gasteiger partial charge in [-0.3, -0.25) is 4.79 Å². The van der Waals surface area contributed by atoms with Crippen LogP contribution in [0.2, 0.25) is 0 Å². The maximum absolute atomic E-state index is 13.1. The van der Waals surface area contributed by atoms with Crippen molar-refractivity contribution in [1.82, 2.24) is 9.66 Å². The molecule has 0 saturated carbocycles. The van der Waals surface area contributed by atoms with E-state index in [1.165, 1.54) is 0 Å². The van der Waals surface area contributed by atoms with E-state index in [4.69, 9.17) is 4.98 Å². The van der Waals surface area contributed by atoms with Crippen LogP contribution in [0.3, 0.4) is 0 Å². The van der Waals surface area contributed by atoms with Crippen LogP contribution in [0.1, 0.15) is 5.56 Å². The summed E-state index contributed by atoms with van der Waals surface area (Å²) in [6.07, 6.45) is 0. The maximum Gasteiger partial charge on any atom is 0.280 e. The molecule has 0 unspecified atom stereocenters. The minimum atomic E-state index is -0.105. The van der Waals surface area contributed by atoms with Crippen LogP contribution in [0.5, 0.6) is 0 Å². The number of rotatable bonds is 4. The number of halogens is 1. The number of para-hydroxylation sites is 1. The Balaban J connectivity index is 1.81. The monoisotopic (exact) mass is 405 g/mol. The predicted octanol–water partition coefficient (Wildman–Crippen LogP) is 4.57. The Morgan fingerprint density at radius 1 is 0.885 bits per heavy atom. The third-order valence-corrected chi connectivity index (χ3v) is 4.69. The van der Waals surface area contributed by atoms with Crippen molar-refractivity contribution in [3.05, 3.63) is 99.3 Å². The Bertz CT molecular complexity index is 1110. The van der Waals surface area contributed by atoms with E-state index in [0.29, 0.717) is 23.3 Å². The van der Waals surface area contributed by atoms with Crippen LogP contribution in [0.25, 0.3) is 22.3 Å². The summed E-state index contributed by atoms with van der Waals surface area (Å²) in [5.41, 5.74) is 5.79. The fourth-order valence-corrected chi connectivity index (χ4v) is 3.10. The molecule has 1 aromatic heterocycles. The molecule has 26 heavy (non-hydrogen) atoms. The summed E-state index contributed by atoms with van der Waals surface area (Å²) in [5.74, 6) is 0.603. The second-order valence-electron chi connectivity index (χ2n) is 5.92. The second kappa shape index (κ2) is 7.14. The van der Waals surface area contributed by atoms with Crippen molar-refractivity contribution in [1.29, 1.82) is 0 Å². The molecule has 3 aromatic carbocycles. The highest BCUT2D eigenvalue weighted by atomic mass is 79.9. The zero-order chi connectivity index (χ0) is 17.9. The minimum Gasteiger partial charge on any atom is -0.317 e. The zero-order valence-corrected chi connectivity index (χ0v) is 15.5. The van der Waals surface area contributed by atoms with Gasteiger partial charge in [-0.05, 0) is 29.8 Å². The van der Waals surface area contributed by atoms with Gasteiger partial charge in [-0.1, -0.05) is 70.5 Å². The highest BCUT2D eigenvalue weighted by Gasteiger charge is 2.12. The fraction of sp³-hybridized carbons (Fsp3) is 0.0476. The Labute approximate surface area is 159 Å². The molecule has 0 aliphatic heterocycles. The van der Waals surface area contributed by atoms with Gasteiger partial charge in [0, 0.05) is 10.0 Å². The summed E-state index contributed by atoms with van der Waals surface area (Å²) < 4.78 is 2.57. The van der Waals surface area contributed by atoms with Crippen molar-refractivity contribution < 1.29 is 0 Å². The molecule has 0 saturated heterocycles. The quantitative estimate of drug-likeness (QED) is 0.540. The van der Waals surface area contributed by atoms with Gasteiger partial charge in [-0.25, -0.2) is 9.66 Å². The number of aromatic nitrogens is 2. The van der Waals surface area contributed by atoms with Gasteiger partial charge < -0.3 is 5.43 Å². The van der Waals surface area contributed by atoms with Crippen molar-refractivity contribution in [2.24, 2.45) is 0 Å². The van der Waals surface area contributed by atoms with Crippen molar-refractivity contribution in [2.45, 2.75) is 6.54 Å². The van der Waals surface area contributed by atoms with Gasteiger partial charge >= 0.3 is 0 Å². The van der Waals surface area contributed by atoms with Crippen LogP contribution in [0.4, 0.5) is 0 Å². The summed E-state index contributed by atoms with van der Waals surface area (Å²) in [4.78, 5) is 17.8. The first-order chi connectivity index (χ1) is 12.7. The largest absolute Gasteiger partial charge is 0.317 e. The molecule has 0 aliphatic carbocycles. The second-order valence-corrected chi connectivity index (χ2v) is 6.84. The van der Waals surface area contributed by atoms with E-state index < -0.39 is 0 Å². The molecule has 5 heteroatoms. The van der Waals surface area contributed by atoms with Crippen molar-refractivity contribution in [2.75, 3.05) is 5.43 Å². The average molecular weight is 406 g/mol. The van der Waals surface area contributed by atoms with Crippen LogP contribution in [-0.2, 0) is 6.54 Å².